The summed E-state index contributed by atoms with van der Waals surface area (Å²) in [5.41, 5.74) is -0.194. The summed E-state index contributed by atoms with van der Waals surface area (Å²) in [6.07, 6.45) is 1.07. The highest BCUT2D eigenvalue weighted by Crippen LogP contribution is 2.15. The molecule has 0 radical (unpaired) electrons. The Hall–Kier alpha value is -0.410. The van der Waals surface area contributed by atoms with Crippen LogP contribution in [0.3, 0.4) is 0 Å². The summed E-state index contributed by atoms with van der Waals surface area (Å²) in [6, 6.07) is 0.645. The third-order valence-electron chi connectivity index (χ3n) is 3.09. The molecule has 0 N–H and O–H groups in total. The fourth-order valence-electron chi connectivity index (χ4n) is 2.05. The lowest BCUT2D eigenvalue weighted by Crippen LogP contribution is -2.51. The summed E-state index contributed by atoms with van der Waals surface area (Å²) in [5.74, 6) is 0. The molecular weight excluding hydrogens is 188 g/mol. The Morgan fingerprint density at radius 1 is 1.20 bits per heavy atom. The summed E-state index contributed by atoms with van der Waals surface area (Å²) in [5, 5.41) is 0. The first-order chi connectivity index (χ1) is 6.94. The molecule has 15 heavy (non-hydrogen) atoms. The smallest absolute Gasteiger partial charge is 0.126 e. The van der Waals surface area contributed by atoms with Crippen LogP contribution in [-0.2, 0) is 4.79 Å². The van der Waals surface area contributed by atoms with Crippen LogP contribution in [0.1, 0.15) is 27.7 Å². The number of hydrogen-bond acceptors (Lipinski definition) is 3. The van der Waals surface area contributed by atoms with Gasteiger partial charge in [-0.2, -0.15) is 0 Å². The van der Waals surface area contributed by atoms with Crippen molar-refractivity contribution in [1.82, 2.24) is 9.80 Å². The summed E-state index contributed by atoms with van der Waals surface area (Å²) in [7, 11) is 0. The van der Waals surface area contributed by atoms with E-state index in [0.717, 1.165) is 39.0 Å². The van der Waals surface area contributed by atoms with E-state index in [4.69, 9.17) is 0 Å². The van der Waals surface area contributed by atoms with Crippen LogP contribution in [0, 0.1) is 5.41 Å². The van der Waals surface area contributed by atoms with Gasteiger partial charge in [0, 0.05) is 44.2 Å². The van der Waals surface area contributed by atoms with Gasteiger partial charge >= 0.3 is 0 Å². The molecule has 88 valence electrons. The van der Waals surface area contributed by atoms with Gasteiger partial charge in [-0.15, -0.1) is 0 Å². The van der Waals surface area contributed by atoms with Crippen LogP contribution >= 0.6 is 0 Å². The second-order valence-corrected chi connectivity index (χ2v) is 5.51. The van der Waals surface area contributed by atoms with Crippen LogP contribution in [-0.4, -0.2) is 54.9 Å². The normalized spacial score (nSPS) is 20.9. The standard InChI is InChI=1S/C12H24N2O/c1-11(2)14-7-5-13(6-8-14)9-12(3,4)10-15/h10-11H,5-9H2,1-4H3. The summed E-state index contributed by atoms with van der Waals surface area (Å²) >= 11 is 0. The predicted octanol–water partition coefficient (Wildman–Crippen LogP) is 1.24. The molecule has 0 aromatic carbocycles. The van der Waals surface area contributed by atoms with E-state index in [1.807, 2.05) is 13.8 Å². The van der Waals surface area contributed by atoms with E-state index in [0.29, 0.717) is 6.04 Å². The van der Waals surface area contributed by atoms with Gasteiger partial charge in [0.15, 0.2) is 0 Å². The molecule has 1 aliphatic rings. The molecule has 0 spiro atoms. The molecule has 0 unspecified atom stereocenters. The van der Waals surface area contributed by atoms with E-state index < -0.39 is 0 Å². The quantitative estimate of drug-likeness (QED) is 0.655. The SMILES string of the molecule is CC(C)N1CCN(CC(C)(C)C=O)CC1. The molecule has 1 heterocycles. The van der Waals surface area contributed by atoms with Gasteiger partial charge < -0.3 is 4.79 Å². The van der Waals surface area contributed by atoms with Crippen molar-refractivity contribution in [3.8, 4) is 0 Å². The number of aldehydes is 1. The zero-order chi connectivity index (χ0) is 11.5. The van der Waals surface area contributed by atoms with Gasteiger partial charge in [-0.1, -0.05) is 13.8 Å². The number of rotatable bonds is 4. The number of carbonyl (C=O) groups is 1. The van der Waals surface area contributed by atoms with Crippen molar-refractivity contribution in [3.63, 3.8) is 0 Å². The Balaban J connectivity index is 2.35. The highest BCUT2D eigenvalue weighted by Gasteiger charge is 2.24. The topological polar surface area (TPSA) is 23.6 Å². The largest absolute Gasteiger partial charge is 0.303 e. The second-order valence-electron chi connectivity index (χ2n) is 5.51. The van der Waals surface area contributed by atoms with E-state index in [1.54, 1.807) is 0 Å². The number of nitrogens with zero attached hydrogens (tertiary/aromatic N) is 2. The Labute approximate surface area is 93.4 Å². The molecule has 0 amide bonds. The molecule has 0 aromatic rings. The monoisotopic (exact) mass is 212 g/mol. The average Bonchev–Trinajstić information content (AvgIpc) is 2.18. The molecule has 1 aliphatic heterocycles. The van der Waals surface area contributed by atoms with Crippen molar-refractivity contribution in [3.05, 3.63) is 0 Å². The van der Waals surface area contributed by atoms with Gasteiger partial charge in [0.2, 0.25) is 0 Å². The van der Waals surface area contributed by atoms with Gasteiger partial charge in [-0.3, -0.25) is 9.80 Å². The van der Waals surface area contributed by atoms with E-state index in [2.05, 4.69) is 23.6 Å². The van der Waals surface area contributed by atoms with Crippen LogP contribution < -0.4 is 0 Å². The Morgan fingerprint density at radius 3 is 2.13 bits per heavy atom. The maximum absolute atomic E-state index is 10.8. The van der Waals surface area contributed by atoms with Gasteiger partial charge in [0.25, 0.3) is 0 Å². The first-order valence-corrected chi connectivity index (χ1v) is 5.87. The lowest BCUT2D eigenvalue weighted by Gasteiger charge is -2.39. The molecule has 0 aliphatic carbocycles. The Morgan fingerprint density at radius 2 is 1.73 bits per heavy atom. The first-order valence-electron chi connectivity index (χ1n) is 5.87. The highest BCUT2D eigenvalue weighted by atomic mass is 16.1. The Kier molecular flexibility index (Phi) is 4.29. The molecule has 0 atom stereocenters. The van der Waals surface area contributed by atoms with Crippen LogP contribution in [0.2, 0.25) is 0 Å². The van der Waals surface area contributed by atoms with Crippen molar-refractivity contribution >= 4 is 6.29 Å². The number of carbonyl (C=O) groups excluding carboxylic acids is 1. The van der Waals surface area contributed by atoms with Gasteiger partial charge in [0.1, 0.15) is 6.29 Å². The Bertz CT molecular complexity index is 206. The molecule has 3 nitrogen and oxygen atoms in total. The zero-order valence-electron chi connectivity index (χ0n) is 10.5. The van der Waals surface area contributed by atoms with Crippen molar-refractivity contribution in [1.29, 1.82) is 0 Å². The van der Waals surface area contributed by atoms with Crippen molar-refractivity contribution < 1.29 is 4.79 Å². The number of hydrogen-bond donors (Lipinski definition) is 0. The van der Waals surface area contributed by atoms with Crippen molar-refractivity contribution in [2.24, 2.45) is 5.41 Å². The van der Waals surface area contributed by atoms with E-state index in [1.165, 1.54) is 0 Å². The molecule has 0 saturated carbocycles. The lowest BCUT2D eigenvalue weighted by atomic mass is 9.95. The molecule has 3 heteroatoms. The second kappa shape index (κ2) is 5.08. The maximum atomic E-state index is 10.8. The van der Waals surface area contributed by atoms with E-state index >= 15 is 0 Å². The van der Waals surface area contributed by atoms with Gasteiger partial charge in [-0.05, 0) is 13.8 Å². The molecule has 1 fully saturated rings. The fourth-order valence-corrected chi connectivity index (χ4v) is 2.05. The summed E-state index contributed by atoms with van der Waals surface area (Å²) in [4.78, 5) is 15.7. The van der Waals surface area contributed by atoms with Crippen molar-refractivity contribution in [2.45, 2.75) is 33.7 Å². The first kappa shape index (κ1) is 12.7. The van der Waals surface area contributed by atoms with E-state index in [9.17, 15) is 4.79 Å². The zero-order valence-corrected chi connectivity index (χ0v) is 10.5. The highest BCUT2D eigenvalue weighted by molar-refractivity contribution is 5.58. The predicted molar refractivity (Wildman–Crippen MR) is 63.0 cm³/mol. The van der Waals surface area contributed by atoms with Crippen LogP contribution in [0.4, 0.5) is 0 Å². The van der Waals surface area contributed by atoms with E-state index in [-0.39, 0.29) is 5.41 Å². The minimum Gasteiger partial charge on any atom is -0.303 e. The van der Waals surface area contributed by atoms with Gasteiger partial charge in [-0.25, -0.2) is 0 Å². The summed E-state index contributed by atoms with van der Waals surface area (Å²) < 4.78 is 0. The fraction of sp³-hybridized carbons (Fsp3) is 0.917. The average molecular weight is 212 g/mol. The molecule has 0 aromatic heterocycles. The third-order valence-corrected chi connectivity index (χ3v) is 3.09. The minimum absolute atomic E-state index is 0.194. The van der Waals surface area contributed by atoms with Crippen LogP contribution in [0.5, 0.6) is 0 Å². The molecule has 1 saturated heterocycles. The third kappa shape index (κ3) is 3.92. The van der Waals surface area contributed by atoms with Crippen LogP contribution in [0.25, 0.3) is 0 Å². The number of piperazine rings is 1. The lowest BCUT2D eigenvalue weighted by molar-refractivity contribution is -0.115. The molecule has 1 rings (SSSR count). The minimum atomic E-state index is -0.194. The summed E-state index contributed by atoms with van der Waals surface area (Å²) in [6.45, 7) is 13.8. The van der Waals surface area contributed by atoms with Crippen LogP contribution in [0.15, 0.2) is 0 Å². The maximum Gasteiger partial charge on any atom is 0.126 e. The molecular formula is C12H24N2O. The van der Waals surface area contributed by atoms with Crippen molar-refractivity contribution in [2.75, 3.05) is 32.7 Å². The van der Waals surface area contributed by atoms with Gasteiger partial charge in [0.05, 0.1) is 0 Å². The molecule has 0 bridgehead atoms.